The summed E-state index contributed by atoms with van der Waals surface area (Å²) in [6.07, 6.45) is 1.47. The minimum Gasteiger partial charge on any atom is -0.392 e. The van der Waals surface area contributed by atoms with E-state index in [1.807, 2.05) is 0 Å². The van der Waals surface area contributed by atoms with E-state index in [1.165, 1.54) is 0 Å². The van der Waals surface area contributed by atoms with Crippen molar-refractivity contribution in [2.75, 3.05) is 5.33 Å². The second-order valence-electron chi connectivity index (χ2n) is 1.55. The highest BCUT2D eigenvalue weighted by Gasteiger charge is 1.98. The molecule has 0 saturated carbocycles. The lowest BCUT2D eigenvalue weighted by atomic mass is 10.2. The van der Waals surface area contributed by atoms with Crippen LogP contribution >= 0.6 is 15.9 Å². The van der Waals surface area contributed by atoms with Crippen LogP contribution in [0.3, 0.4) is 0 Å². The van der Waals surface area contributed by atoms with Crippen molar-refractivity contribution in [1.82, 2.24) is 0 Å². The highest BCUT2D eigenvalue weighted by molar-refractivity contribution is 9.09. The fraction of sp³-hybridized carbons (Fsp3) is 0.800. The molecule has 1 N–H and O–H groups in total. The van der Waals surface area contributed by atoms with Crippen LogP contribution in [0.2, 0.25) is 0 Å². The molecule has 0 amide bonds. The topological polar surface area (TPSA) is 37.3 Å². The summed E-state index contributed by atoms with van der Waals surface area (Å²) in [7, 11) is 0. The fourth-order valence-electron chi connectivity index (χ4n) is 0.338. The molecule has 8 heavy (non-hydrogen) atoms. The van der Waals surface area contributed by atoms with E-state index >= 15 is 0 Å². The molecule has 0 fully saturated rings. The maximum absolute atomic E-state index is 9.70. The summed E-state index contributed by atoms with van der Waals surface area (Å²) in [5, 5.41) is 9.34. The average molecular weight is 181 g/mol. The van der Waals surface area contributed by atoms with Crippen LogP contribution < -0.4 is 0 Å². The van der Waals surface area contributed by atoms with Gasteiger partial charge in [-0.05, 0) is 6.42 Å². The molecule has 2 nitrogen and oxygen atoms in total. The summed E-state index contributed by atoms with van der Waals surface area (Å²) in [6, 6.07) is 0. The van der Waals surface area contributed by atoms with Crippen LogP contribution in [-0.2, 0) is 4.79 Å². The van der Waals surface area contributed by atoms with Gasteiger partial charge >= 0.3 is 0 Å². The third-order valence-corrected chi connectivity index (χ3v) is 1.54. The van der Waals surface area contributed by atoms with Crippen molar-refractivity contribution in [2.24, 2.45) is 0 Å². The van der Waals surface area contributed by atoms with Crippen LogP contribution in [-0.4, -0.2) is 22.8 Å². The first-order valence-electron chi connectivity index (χ1n) is 2.49. The molecule has 3 heteroatoms. The lowest BCUT2D eigenvalue weighted by Gasteiger charge is -2.00. The third-order valence-electron chi connectivity index (χ3n) is 0.796. The SMILES string of the molecule is O=CCC[C@@H](O)CBr. The van der Waals surface area contributed by atoms with Crippen molar-refractivity contribution >= 4 is 22.2 Å². The van der Waals surface area contributed by atoms with Crippen LogP contribution in [0.15, 0.2) is 0 Å². The van der Waals surface area contributed by atoms with Gasteiger partial charge in [-0.2, -0.15) is 0 Å². The Bertz CT molecular complexity index is 65.4. The maximum atomic E-state index is 9.70. The Labute approximate surface area is 57.0 Å². The second-order valence-corrected chi connectivity index (χ2v) is 2.20. The van der Waals surface area contributed by atoms with E-state index in [0.717, 1.165) is 6.29 Å². The number of rotatable bonds is 4. The van der Waals surface area contributed by atoms with Gasteiger partial charge in [0.05, 0.1) is 6.10 Å². The largest absolute Gasteiger partial charge is 0.392 e. The predicted molar refractivity (Wildman–Crippen MR) is 35.1 cm³/mol. The molecule has 0 aliphatic rings. The standard InChI is InChI=1S/C5H9BrO2/c6-4-5(8)2-1-3-7/h3,5,8H,1-2,4H2/t5-/m1/s1. The van der Waals surface area contributed by atoms with Gasteiger partial charge in [0.2, 0.25) is 0 Å². The molecule has 0 aliphatic heterocycles. The molecule has 0 aromatic heterocycles. The Morgan fingerprint density at radius 2 is 2.38 bits per heavy atom. The van der Waals surface area contributed by atoms with Crippen molar-refractivity contribution in [2.45, 2.75) is 18.9 Å². The molecule has 0 bridgehead atoms. The minimum absolute atomic E-state index is 0.361. The van der Waals surface area contributed by atoms with Gasteiger partial charge < -0.3 is 9.90 Å². The molecular weight excluding hydrogens is 172 g/mol. The van der Waals surface area contributed by atoms with Gasteiger partial charge in [0.15, 0.2) is 0 Å². The zero-order chi connectivity index (χ0) is 6.41. The quantitative estimate of drug-likeness (QED) is 0.512. The van der Waals surface area contributed by atoms with Gasteiger partial charge in [-0.15, -0.1) is 0 Å². The second kappa shape index (κ2) is 5.25. The molecule has 0 aromatic rings. The number of aldehydes is 1. The van der Waals surface area contributed by atoms with E-state index in [9.17, 15) is 4.79 Å². The molecule has 1 atom stereocenters. The normalized spacial score (nSPS) is 13.2. The van der Waals surface area contributed by atoms with E-state index in [1.54, 1.807) is 0 Å². The summed E-state index contributed by atoms with van der Waals surface area (Å²) in [5.41, 5.74) is 0. The van der Waals surface area contributed by atoms with Crippen molar-refractivity contribution in [1.29, 1.82) is 0 Å². The Hall–Kier alpha value is 0.110. The number of aliphatic hydroxyl groups excluding tert-OH is 1. The Morgan fingerprint density at radius 1 is 1.75 bits per heavy atom. The van der Waals surface area contributed by atoms with Crippen molar-refractivity contribution in [3.63, 3.8) is 0 Å². The van der Waals surface area contributed by atoms with E-state index in [4.69, 9.17) is 5.11 Å². The van der Waals surface area contributed by atoms with E-state index in [2.05, 4.69) is 15.9 Å². The number of halogens is 1. The van der Waals surface area contributed by atoms with E-state index in [0.29, 0.717) is 18.2 Å². The molecule has 0 aliphatic carbocycles. The zero-order valence-electron chi connectivity index (χ0n) is 4.51. The monoisotopic (exact) mass is 180 g/mol. The highest BCUT2D eigenvalue weighted by Crippen LogP contribution is 1.97. The van der Waals surface area contributed by atoms with Gasteiger partial charge in [-0.1, -0.05) is 15.9 Å². The predicted octanol–water partition coefficient (Wildman–Crippen LogP) is 0.721. The molecule has 0 unspecified atom stereocenters. The molecule has 0 aromatic carbocycles. The smallest absolute Gasteiger partial charge is 0.120 e. The van der Waals surface area contributed by atoms with Gasteiger partial charge in [0.25, 0.3) is 0 Å². The first kappa shape index (κ1) is 8.11. The Kier molecular flexibility index (Phi) is 5.32. The van der Waals surface area contributed by atoms with Gasteiger partial charge in [-0.25, -0.2) is 0 Å². The Balaban J connectivity index is 2.97. The first-order chi connectivity index (χ1) is 3.81. The number of aliphatic hydroxyl groups is 1. The van der Waals surface area contributed by atoms with Gasteiger partial charge in [0, 0.05) is 11.8 Å². The van der Waals surface area contributed by atoms with Crippen LogP contribution in [0.5, 0.6) is 0 Å². The lowest BCUT2D eigenvalue weighted by molar-refractivity contribution is -0.108. The summed E-state index contributed by atoms with van der Waals surface area (Å²) in [6.45, 7) is 0. The molecule has 0 saturated heterocycles. The maximum Gasteiger partial charge on any atom is 0.120 e. The summed E-state index contributed by atoms with van der Waals surface area (Å²) in [4.78, 5) is 9.70. The van der Waals surface area contributed by atoms with Crippen LogP contribution in [0.1, 0.15) is 12.8 Å². The number of carbonyl (C=O) groups excluding carboxylic acids is 1. The summed E-state index contributed by atoms with van der Waals surface area (Å²) < 4.78 is 0. The Morgan fingerprint density at radius 3 is 2.75 bits per heavy atom. The minimum atomic E-state index is -0.361. The number of hydrogen-bond donors (Lipinski definition) is 1. The van der Waals surface area contributed by atoms with E-state index < -0.39 is 0 Å². The van der Waals surface area contributed by atoms with Gasteiger partial charge in [-0.3, -0.25) is 0 Å². The highest BCUT2D eigenvalue weighted by atomic mass is 79.9. The molecule has 0 radical (unpaired) electrons. The van der Waals surface area contributed by atoms with Crippen molar-refractivity contribution in [3.8, 4) is 0 Å². The average Bonchev–Trinajstić information content (AvgIpc) is 1.83. The van der Waals surface area contributed by atoms with Crippen LogP contribution in [0.4, 0.5) is 0 Å². The number of alkyl halides is 1. The van der Waals surface area contributed by atoms with E-state index in [-0.39, 0.29) is 6.10 Å². The molecule has 0 rings (SSSR count). The molecule has 0 heterocycles. The molecule has 48 valence electrons. The summed E-state index contributed by atoms with van der Waals surface area (Å²) >= 11 is 3.08. The van der Waals surface area contributed by atoms with Gasteiger partial charge in [0.1, 0.15) is 6.29 Å². The summed E-state index contributed by atoms with van der Waals surface area (Å²) in [5.74, 6) is 0. The molecular formula is C5H9BrO2. The number of hydrogen-bond acceptors (Lipinski definition) is 2. The van der Waals surface area contributed by atoms with Crippen molar-refractivity contribution < 1.29 is 9.90 Å². The lowest BCUT2D eigenvalue weighted by Crippen LogP contribution is -2.06. The third kappa shape index (κ3) is 4.27. The first-order valence-corrected chi connectivity index (χ1v) is 3.61. The zero-order valence-corrected chi connectivity index (χ0v) is 6.10. The molecule has 0 spiro atoms. The number of carbonyl (C=O) groups is 1. The fourth-order valence-corrected chi connectivity index (χ4v) is 0.661. The van der Waals surface area contributed by atoms with Crippen LogP contribution in [0.25, 0.3) is 0 Å². The van der Waals surface area contributed by atoms with Crippen molar-refractivity contribution in [3.05, 3.63) is 0 Å². The van der Waals surface area contributed by atoms with Crippen LogP contribution in [0, 0.1) is 0 Å².